The number of ether oxygens (including phenoxy) is 2. The molecule has 2 aliphatic rings. The number of carbonyl (C=O) groups is 2. The number of methoxy groups -OCH3 is 1. The molecule has 0 radical (unpaired) electrons. The van der Waals surface area contributed by atoms with Crippen LogP contribution in [0.3, 0.4) is 0 Å². The van der Waals surface area contributed by atoms with Crippen LogP contribution in [0.15, 0.2) is 72.8 Å². The fourth-order valence-corrected chi connectivity index (χ4v) is 9.01. The van der Waals surface area contributed by atoms with Crippen molar-refractivity contribution in [1.82, 2.24) is 0 Å². The number of carbonyl (C=O) groups excluding carboxylic acids is 2. The Hall–Kier alpha value is -3.50. The monoisotopic (exact) mass is 560 g/mol. The predicted molar refractivity (Wildman–Crippen MR) is 156 cm³/mol. The van der Waals surface area contributed by atoms with E-state index in [1.807, 2.05) is 80.7 Å². The largest absolute Gasteiger partial charge is 0.497 e. The molecule has 1 saturated heterocycles. The van der Waals surface area contributed by atoms with Crippen molar-refractivity contribution in [3.63, 3.8) is 0 Å². The average Bonchev–Trinajstić information content (AvgIpc) is 3.36. The Morgan fingerprint density at radius 2 is 1.80 bits per heavy atom. The van der Waals surface area contributed by atoms with Crippen molar-refractivity contribution in [2.45, 2.75) is 50.2 Å². The highest BCUT2D eigenvalue weighted by atomic mass is 28.4. The zero-order chi connectivity index (χ0) is 28.7. The fraction of sp³-hybridized carbons (Fsp3) is 0.355. The van der Waals surface area contributed by atoms with Gasteiger partial charge >= 0.3 is 0 Å². The van der Waals surface area contributed by atoms with Gasteiger partial charge in [0.05, 0.1) is 25.4 Å². The Morgan fingerprint density at radius 3 is 2.42 bits per heavy atom. The van der Waals surface area contributed by atoms with E-state index in [2.05, 4.69) is 5.32 Å². The molecule has 2 aliphatic heterocycles. The van der Waals surface area contributed by atoms with Gasteiger partial charge in [0.15, 0.2) is 13.9 Å². The Labute approximate surface area is 235 Å². The minimum absolute atomic E-state index is 0.0928. The maximum absolute atomic E-state index is 14.4. The van der Waals surface area contributed by atoms with Crippen molar-refractivity contribution in [1.29, 1.82) is 0 Å². The molecule has 210 valence electrons. The summed E-state index contributed by atoms with van der Waals surface area (Å²) in [7, 11) is -1.18. The first-order valence-corrected chi connectivity index (χ1v) is 16.6. The molecule has 3 aromatic carbocycles. The van der Waals surface area contributed by atoms with Crippen LogP contribution in [0.2, 0.25) is 18.6 Å². The predicted octanol–water partition coefficient (Wildman–Crippen LogP) is 4.67. The van der Waals surface area contributed by atoms with Crippen molar-refractivity contribution in [3.05, 3.63) is 89.5 Å². The van der Waals surface area contributed by atoms with E-state index in [4.69, 9.17) is 9.47 Å². The van der Waals surface area contributed by atoms with E-state index < -0.39 is 20.0 Å². The van der Waals surface area contributed by atoms with E-state index in [0.29, 0.717) is 30.0 Å². The molecule has 2 heterocycles. The summed E-state index contributed by atoms with van der Waals surface area (Å²) in [6.07, 6.45) is -0.0987. The first kappa shape index (κ1) is 28.0. The van der Waals surface area contributed by atoms with Gasteiger partial charge < -0.3 is 29.6 Å². The van der Waals surface area contributed by atoms with Crippen molar-refractivity contribution in [3.8, 4) is 5.75 Å². The smallest absolute Gasteiger partial charge is 0.264 e. The van der Waals surface area contributed by atoms with E-state index >= 15 is 0 Å². The zero-order valence-corrected chi connectivity index (χ0v) is 24.3. The molecule has 40 heavy (non-hydrogen) atoms. The quantitative estimate of drug-likeness (QED) is 0.346. The highest BCUT2D eigenvalue weighted by Crippen LogP contribution is 2.60. The first-order chi connectivity index (χ1) is 19.1. The second kappa shape index (κ2) is 10.8. The number of benzene rings is 3. The molecule has 0 bridgehead atoms. The molecule has 8 nitrogen and oxygen atoms in total. The molecule has 3 aromatic rings. The summed E-state index contributed by atoms with van der Waals surface area (Å²) < 4.78 is 12.1. The molecule has 1 spiro atoms. The van der Waals surface area contributed by atoms with Crippen LogP contribution in [0.1, 0.15) is 34.8 Å². The van der Waals surface area contributed by atoms with E-state index in [9.17, 15) is 19.5 Å². The Morgan fingerprint density at radius 1 is 1.10 bits per heavy atom. The molecule has 2 amide bonds. The number of nitrogens with one attached hydrogen (secondary N) is 1. The van der Waals surface area contributed by atoms with Crippen LogP contribution in [0.25, 0.3) is 0 Å². The number of nitrogens with zero attached hydrogens (tertiary/aromatic N) is 1. The van der Waals surface area contributed by atoms with Gasteiger partial charge in [0.25, 0.3) is 11.8 Å². The van der Waals surface area contributed by atoms with Gasteiger partial charge in [-0.3, -0.25) is 9.59 Å². The summed E-state index contributed by atoms with van der Waals surface area (Å²) in [5.74, 6) is -0.0737. The number of anilines is 2. The number of hydrogen-bond donors (Lipinski definition) is 3. The Balaban J connectivity index is 1.45. The number of aliphatic hydroxyl groups excluding tert-OH is 1. The lowest BCUT2D eigenvalue weighted by Gasteiger charge is -2.32. The third-order valence-corrected chi connectivity index (χ3v) is 10.7. The molecule has 0 saturated carbocycles. The van der Waals surface area contributed by atoms with Gasteiger partial charge in [-0.2, -0.15) is 0 Å². The summed E-state index contributed by atoms with van der Waals surface area (Å²) >= 11 is 0. The average molecular weight is 561 g/mol. The lowest BCUT2D eigenvalue weighted by Crippen LogP contribution is -2.46. The first-order valence-electron chi connectivity index (χ1n) is 13.6. The third-order valence-electron chi connectivity index (χ3n) is 8.19. The van der Waals surface area contributed by atoms with E-state index in [1.165, 1.54) is 0 Å². The van der Waals surface area contributed by atoms with E-state index in [1.54, 1.807) is 24.1 Å². The lowest BCUT2D eigenvalue weighted by atomic mass is 9.82. The molecule has 1 fully saturated rings. The van der Waals surface area contributed by atoms with Crippen molar-refractivity contribution >= 4 is 31.5 Å². The second-order valence-corrected chi connectivity index (χ2v) is 15.1. The van der Waals surface area contributed by atoms with Gasteiger partial charge in [0, 0.05) is 34.9 Å². The van der Waals surface area contributed by atoms with Crippen molar-refractivity contribution in [2.24, 2.45) is 5.92 Å². The minimum Gasteiger partial charge on any atom is -0.497 e. The molecule has 0 unspecified atom stereocenters. The maximum atomic E-state index is 14.4. The number of aliphatic hydroxyl groups is 1. The van der Waals surface area contributed by atoms with Crippen molar-refractivity contribution < 1.29 is 29.0 Å². The second-order valence-electron chi connectivity index (χ2n) is 11.2. The summed E-state index contributed by atoms with van der Waals surface area (Å²) in [5.41, 5.74) is 2.05. The van der Waals surface area contributed by atoms with Crippen LogP contribution in [-0.2, 0) is 21.7 Å². The number of fused-ring (bicyclic) bond motifs is 2. The van der Waals surface area contributed by atoms with Crippen LogP contribution in [0, 0.1) is 5.92 Å². The van der Waals surface area contributed by atoms with Gasteiger partial charge in [-0.25, -0.2) is 0 Å². The zero-order valence-electron chi connectivity index (χ0n) is 23.3. The molecular weight excluding hydrogens is 524 g/mol. The van der Waals surface area contributed by atoms with Crippen LogP contribution in [0.4, 0.5) is 11.4 Å². The highest BCUT2D eigenvalue weighted by molar-refractivity contribution is 6.71. The van der Waals surface area contributed by atoms with E-state index in [-0.39, 0.29) is 29.9 Å². The van der Waals surface area contributed by atoms with Gasteiger partial charge in [-0.1, -0.05) is 37.3 Å². The Bertz CT molecular complexity index is 1390. The van der Waals surface area contributed by atoms with Crippen LogP contribution in [-0.4, -0.2) is 49.9 Å². The fourth-order valence-electron chi connectivity index (χ4n) is 6.41. The number of hydrogen-bond acceptors (Lipinski definition) is 6. The van der Waals surface area contributed by atoms with Gasteiger partial charge in [0.2, 0.25) is 0 Å². The third kappa shape index (κ3) is 4.83. The highest BCUT2D eigenvalue weighted by Gasteiger charge is 2.66. The van der Waals surface area contributed by atoms with Crippen LogP contribution < -0.4 is 15.0 Å². The molecule has 0 aliphatic carbocycles. The van der Waals surface area contributed by atoms with Crippen LogP contribution >= 0.6 is 0 Å². The molecular formula is C31H36N2O6Si. The standard InChI is InChI=1S/C31H36N2O6Si/c1-20-28(40(3,4)37)27(16-17-34)39-31(20)25-18-24(38-2)14-15-26(25)33(30(31)36)19-21-10-12-23(13-11-21)32-29(35)22-8-6-5-7-9-22/h5-15,18,20,27-28,34,37H,16-17,19H2,1-4H3,(H,32,35)/t20-,27+,28-,31+/m1/s1. The summed E-state index contributed by atoms with van der Waals surface area (Å²) in [6, 6.07) is 22.0. The lowest BCUT2D eigenvalue weighted by molar-refractivity contribution is -0.146. The molecule has 5 rings (SSSR count). The van der Waals surface area contributed by atoms with Gasteiger partial charge in [0.1, 0.15) is 5.75 Å². The number of rotatable bonds is 8. The van der Waals surface area contributed by atoms with E-state index in [0.717, 1.165) is 16.8 Å². The summed E-state index contributed by atoms with van der Waals surface area (Å²) in [4.78, 5) is 39.9. The topological polar surface area (TPSA) is 108 Å². The minimum atomic E-state index is -2.77. The summed E-state index contributed by atoms with van der Waals surface area (Å²) in [5, 5.41) is 12.7. The van der Waals surface area contributed by atoms with Gasteiger partial charge in [-0.15, -0.1) is 0 Å². The number of amides is 2. The summed E-state index contributed by atoms with van der Waals surface area (Å²) in [6.45, 7) is 5.91. The molecule has 3 N–H and O–H groups in total. The Kier molecular flexibility index (Phi) is 7.58. The van der Waals surface area contributed by atoms with Crippen LogP contribution in [0.5, 0.6) is 5.75 Å². The van der Waals surface area contributed by atoms with Crippen molar-refractivity contribution in [2.75, 3.05) is 23.9 Å². The normalized spacial score (nSPS) is 23.9. The van der Waals surface area contributed by atoms with Gasteiger partial charge in [-0.05, 0) is 67.5 Å². The molecule has 4 atom stereocenters. The molecule has 0 aromatic heterocycles. The SMILES string of the molecule is COc1ccc2c(c1)[C@]1(O[C@@H](CCO)[C@H]([Si](C)(C)O)[C@H]1C)C(=O)N2Cc1ccc(NC(=O)c2ccccc2)cc1. The maximum Gasteiger partial charge on any atom is 0.264 e. The molecule has 9 heteroatoms.